The van der Waals surface area contributed by atoms with Gasteiger partial charge in [-0.15, -0.1) is 11.3 Å². The van der Waals surface area contributed by atoms with Gasteiger partial charge in [0.05, 0.1) is 21.3 Å². The predicted octanol–water partition coefficient (Wildman–Crippen LogP) is 6.69. The van der Waals surface area contributed by atoms with Crippen molar-refractivity contribution in [3.63, 3.8) is 0 Å². The van der Waals surface area contributed by atoms with E-state index in [4.69, 9.17) is 16.3 Å². The number of nitro benzene ring substituents is 1. The van der Waals surface area contributed by atoms with Crippen LogP contribution in [0.4, 0.5) is 16.5 Å². The SMILES string of the molecule is O=[N+]([O-])c1ccc(COc2ccccc2-c2csc(Nc3ccccc3Cl)n2)cc1. The molecule has 0 aliphatic heterocycles. The van der Waals surface area contributed by atoms with Gasteiger partial charge in [-0.25, -0.2) is 4.98 Å². The highest BCUT2D eigenvalue weighted by atomic mass is 35.5. The van der Waals surface area contributed by atoms with E-state index in [9.17, 15) is 10.1 Å². The first-order valence-corrected chi connectivity index (χ1v) is 10.3. The third kappa shape index (κ3) is 4.59. The Kier molecular flexibility index (Phi) is 5.92. The number of non-ortho nitro benzene ring substituents is 1. The molecule has 8 heteroatoms. The molecule has 30 heavy (non-hydrogen) atoms. The lowest BCUT2D eigenvalue weighted by molar-refractivity contribution is -0.384. The number of nitro groups is 1. The first-order chi connectivity index (χ1) is 14.6. The second-order valence-corrected chi connectivity index (χ2v) is 7.62. The molecule has 0 aliphatic rings. The van der Waals surface area contributed by atoms with Gasteiger partial charge in [0.25, 0.3) is 5.69 Å². The number of aromatic nitrogens is 1. The zero-order chi connectivity index (χ0) is 20.9. The fraction of sp³-hybridized carbons (Fsp3) is 0.0455. The maximum absolute atomic E-state index is 10.8. The molecule has 4 aromatic rings. The van der Waals surface area contributed by atoms with Crippen molar-refractivity contribution in [3.8, 4) is 17.0 Å². The van der Waals surface area contributed by atoms with Crippen molar-refractivity contribution in [1.82, 2.24) is 4.98 Å². The normalized spacial score (nSPS) is 10.6. The van der Waals surface area contributed by atoms with Crippen LogP contribution in [0, 0.1) is 10.1 Å². The Labute approximate surface area is 181 Å². The van der Waals surface area contributed by atoms with Gasteiger partial charge in [0.15, 0.2) is 5.13 Å². The number of halogens is 1. The molecule has 6 nitrogen and oxygen atoms in total. The molecule has 0 radical (unpaired) electrons. The number of benzene rings is 3. The minimum atomic E-state index is -0.420. The Morgan fingerprint density at radius 1 is 1.03 bits per heavy atom. The van der Waals surface area contributed by atoms with Crippen LogP contribution in [0.25, 0.3) is 11.3 Å². The van der Waals surface area contributed by atoms with Crippen molar-refractivity contribution >= 4 is 39.4 Å². The van der Waals surface area contributed by atoms with Gasteiger partial charge in [-0.1, -0.05) is 35.9 Å². The Hall–Kier alpha value is -3.42. The van der Waals surface area contributed by atoms with E-state index in [1.54, 1.807) is 12.1 Å². The zero-order valence-electron chi connectivity index (χ0n) is 15.6. The quantitative estimate of drug-likeness (QED) is 0.257. The molecule has 0 amide bonds. The van der Waals surface area contributed by atoms with Gasteiger partial charge in [0.2, 0.25) is 0 Å². The number of para-hydroxylation sites is 2. The Morgan fingerprint density at radius 2 is 1.77 bits per heavy atom. The molecule has 0 spiro atoms. The van der Waals surface area contributed by atoms with E-state index in [0.29, 0.717) is 17.4 Å². The third-order valence-corrected chi connectivity index (χ3v) is 5.41. The summed E-state index contributed by atoms with van der Waals surface area (Å²) in [5.74, 6) is 0.686. The van der Waals surface area contributed by atoms with Crippen molar-refractivity contribution in [2.75, 3.05) is 5.32 Å². The number of nitrogens with one attached hydrogen (secondary N) is 1. The molecule has 1 heterocycles. The molecule has 0 saturated carbocycles. The van der Waals surface area contributed by atoms with E-state index in [1.807, 2.05) is 53.9 Å². The van der Waals surface area contributed by atoms with Gasteiger partial charge >= 0.3 is 0 Å². The van der Waals surface area contributed by atoms with E-state index in [-0.39, 0.29) is 5.69 Å². The van der Waals surface area contributed by atoms with Gasteiger partial charge in [-0.05, 0) is 42.0 Å². The highest BCUT2D eigenvalue weighted by Crippen LogP contribution is 2.34. The second-order valence-electron chi connectivity index (χ2n) is 6.35. The standard InChI is InChI=1S/C22H16ClN3O3S/c23-18-6-2-3-7-19(18)24-22-25-20(14-30-22)17-5-1-4-8-21(17)29-13-15-9-11-16(12-10-15)26(27)28/h1-12,14H,13H2,(H,24,25). The molecule has 0 aliphatic carbocycles. The van der Waals surface area contributed by atoms with Crippen LogP contribution in [0.5, 0.6) is 5.75 Å². The maximum atomic E-state index is 10.8. The van der Waals surface area contributed by atoms with Crippen molar-refractivity contribution in [2.24, 2.45) is 0 Å². The second kappa shape index (κ2) is 8.94. The summed E-state index contributed by atoms with van der Waals surface area (Å²) in [7, 11) is 0. The smallest absolute Gasteiger partial charge is 0.269 e. The number of hydrogen-bond donors (Lipinski definition) is 1. The number of hydrogen-bond acceptors (Lipinski definition) is 6. The summed E-state index contributed by atoms with van der Waals surface area (Å²) in [4.78, 5) is 15.0. The molecule has 1 N–H and O–H groups in total. The van der Waals surface area contributed by atoms with Crippen LogP contribution in [0.15, 0.2) is 78.2 Å². The fourth-order valence-corrected chi connectivity index (χ4v) is 3.72. The average Bonchev–Trinajstić information content (AvgIpc) is 3.23. The molecule has 0 bridgehead atoms. The highest BCUT2D eigenvalue weighted by molar-refractivity contribution is 7.14. The predicted molar refractivity (Wildman–Crippen MR) is 120 cm³/mol. The van der Waals surface area contributed by atoms with Crippen LogP contribution in [0.2, 0.25) is 5.02 Å². The Balaban J connectivity index is 1.50. The van der Waals surface area contributed by atoms with Gasteiger partial charge in [-0.3, -0.25) is 10.1 Å². The molecular formula is C22H16ClN3O3S. The van der Waals surface area contributed by atoms with Crippen molar-refractivity contribution in [3.05, 3.63) is 98.9 Å². The van der Waals surface area contributed by atoms with Crippen molar-refractivity contribution < 1.29 is 9.66 Å². The van der Waals surface area contributed by atoms with Gasteiger partial charge in [-0.2, -0.15) is 0 Å². The lowest BCUT2D eigenvalue weighted by Gasteiger charge is -2.10. The highest BCUT2D eigenvalue weighted by Gasteiger charge is 2.12. The van der Waals surface area contributed by atoms with Crippen LogP contribution >= 0.6 is 22.9 Å². The monoisotopic (exact) mass is 437 g/mol. The third-order valence-electron chi connectivity index (χ3n) is 4.32. The van der Waals surface area contributed by atoms with Crippen LogP contribution in [-0.4, -0.2) is 9.91 Å². The van der Waals surface area contributed by atoms with Crippen LogP contribution in [0.1, 0.15) is 5.56 Å². The average molecular weight is 438 g/mol. The summed E-state index contributed by atoms with van der Waals surface area (Å²) in [6.45, 7) is 0.296. The molecule has 0 fully saturated rings. The Bertz CT molecular complexity index is 1180. The molecule has 4 rings (SSSR count). The molecule has 1 aromatic heterocycles. The van der Waals surface area contributed by atoms with Crippen LogP contribution in [0.3, 0.4) is 0 Å². The number of nitrogens with zero attached hydrogens (tertiary/aromatic N) is 2. The fourth-order valence-electron chi connectivity index (χ4n) is 2.81. The Morgan fingerprint density at radius 3 is 2.53 bits per heavy atom. The maximum Gasteiger partial charge on any atom is 0.269 e. The summed E-state index contributed by atoms with van der Waals surface area (Å²) >= 11 is 7.68. The number of ether oxygens (including phenoxy) is 1. The topological polar surface area (TPSA) is 77.3 Å². The largest absolute Gasteiger partial charge is 0.488 e. The molecular weight excluding hydrogens is 422 g/mol. The molecule has 0 unspecified atom stereocenters. The van der Waals surface area contributed by atoms with Crippen LogP contribution < -0.4 is 10.1 Å². The first kappa shape index (κ1) is 19.9. The molecule has 3 aromatic carbocycles. The van der Waals surface area contributed by atoms with Crippen molar-refractivity contribution in [2.45, 2.75) is 6.61 Å². The summed E-state index contributed by atoms with van der Waals surface area (Å²) in [6.07, 6.45) is 0. The van der Waals surface area contributed by atoms with Crippen LogP contribution in [-0.2, 0) is 6.61 Å². The first-order valence-electron chi connectivity index (χ1n) is 9.03. The van der Waals surface area contributed by atoms with Crippen molar-refractivity contribution in [1.29, 1.82) is 0 Å². The van der Waals surface area contributed by atoms with Gasteiger partial charge in [0, 0.05) is 23.1 Å². The molecule has 0 saturated heterocycles. The van der Waals surface area contributed by atoms with Gasteiger partial charge < -0.3 is 10.1 Å². The summed E-state index contributed by atoms with van der Waals surface area (Å²) in [6, 6.07) is 21.5. The summed E-state index contributed by atoms with van der Waals surface area (Å²) < 4.78 is 5.98. The summed E-state index contributed by atoms with van der Waals surface area (Å²) in [5, 5.41) is 17.3. The minimum absolute atomic E-state index is 0.0557. The lowest BCUT2D eigenvalue weighted by atomic mass is 10.1. The zero-order valence-corrected chi connectivity index (χ0v) is 17.2. The minimum Gasteiger partial charge on any atom is -0.488 e. The lowest BCUT2D eigenvalue weighted by Crippen LogP contribution is -1.98. The van der Waals surface area contributed by atoms with E-state index in [1.165, 1.54) is 23.5 Å². The summed E-state index contributed by atoms with van der Waals surface area (Å²) in [5.41, 5.74) is 3.34. The number of thiazole rings is 1. The van der Waals surface area contributed by atoms with E-state index >= 15 is 0 Å². The number of rotatable bonds is 7. The number of anilines is 2. The van der Waals surface area contributed by atoms with Gasteiger partial charge in [0.1, 0.15) is 12.4 Å². The van der Waals surface area contributed by atoms with E-state index in [0.717, 1.165) is 27.6 Å². The molecule has 0 atom stereocenters. The molecule has 150 valence electrons. The van der Waals surface area contributed by atoms with E-state index in [2.05, 4.69) is 10.3 Å². The van der Waals surface area contributed by atoms with E-state index < -0.39 is 4.92 Å².